The first-order valence-electron chi connectivity index (χ1n) is 13.7. The number of hydrogen-bond donors (Lipinski definition) is 1. The molecule has 0 saturated carbocycles. The summed E-state index contributed by atoms with van der Waals surface area (Å²) in [7, 11) is 3.00. The lowest BCUT2D eigenvalue weighted by molar-refractivity contribution is -0.122. The molecule has 208 valence electrons. The molecule has 0 bridgehead atoms. The molecule has 42 heavy (non-hydrogen) atoms. The van der Waals surface area contributed by atoms with E-state index < -0.39 is 29.2 Å². The fourth-order valence-electron chi connectivity index (χ4n) is 7.00. The minimum Gasteiger partial charge on any atom is -0.497 e. The Morgan fingerprint density at radius 2 is 1.69 bits per heavy atom. The molecule has 4 unspecified atom stereocenters. The summed E-state index contributed by atoms with van der Waals surface area (Å²) in [5.74, 6) is -1.44. The van der Waals surface area contributed by atoms with E-state index in [1.165, 1.54) is 14.2 Å². The van der Waals surface area contributed by atoms with Gasteiger partial charge in [0.15, 0.2) is 5.78 Å². The average Bonchev–Trinajstić information content (AvgIpc) is 3.52. The Hall–Kier alpha value is -5.24. The van der Waals surface area contributed by atoms with Crippen LogP contribution < -0.4 is 14.8 Å². The van der Waals surface area contributed by atoms with Crippen LogP contribution in [0.3, 0.4) is 0 Å². The Morgan fingerprint density at radius 3 is 2.48 bits per heavy atom. The van der Waals surface area contributed by atoms with Crippen LogP contribution in [0.1, 0.15) is 43.6 Å². The van der Waals surface area contributed by atoms with Gasteiger partial charge in [-0.05, 0) is 59.2 Å². The Morgan fingerprint density at radius 1 is 0.905 bits per heavy atom. The summed E-state index contributed by atoms with van der Waals surface area (Å²) in [6.07, 6.45) is 5.32. The van der Waals surface area contributed by atoms with Gasteiger partial charge in [0.1, 0.15) is 28.6 Å². The molecule has 4 atom stereocenters. The third-order valence-electron chi connectivity index (χ3n) is 8.71. The standard InChI is InChI=1S/C34H27N3O5/c1-41-21-14-15-27(42-2)23(19-21)30(38)28-29(31(39)26-13-7-8-17-35-26)37-18-16-20-9-3-4-10-22(20)32(37)34(28)24-11-5-6-12-25(24)36-33(34)40/h3-19,28-29,32H,1-2H3,(H,36,40). The number of methoxy groups -OCH3 is 2. The highest BCUT2D eigenvalue weighted by molar-refractivity contribution is 6.17. The highest BCUT2D eigenvalue weighted by Gasteiger charge is 2.71. The van der Waals surface area contributed by atoms with Gasteiger partial charge in [-0.1, -0.05) is 48.5 Å². The maximum Gasteiger partial charge on any atom is 0.238 e. The number of para-hydroxylation sites is 1. The second-order valence-electron chi connectivity index (χ2n) is 10.6. The van der Waals surface area contributed by atoms with Gasteiger partial charge < -0.3 is 19.7 Å². The van der Waals surface area contributed by atoms with Crippen LogP contribution in [0.25, 0.3) is 6.08 Å². The molecule has 1 amide bonds. The van der Waals surface area contributed by atoms with Crippen LogP contribution in [0.15, 0.2) is 97.3 Å². The van der Waals surface area contributed by atoms with Crippen molar-refractivity contribution in [1.82, 2.24) is 9.88 Å². The van der Waals surface area contributed by atoms with Crippen molar-refractivity contribution in [3.8, 4) is 11.5 Å². The first-order chi connectivity index (χ1) is 20.5. The predicted molar refractivity (Wildman–Crippen MR) is 157 cm³/mol. The van der Waals surface area contributed by atoms with Crippen LogP contribution in [-0.2, 0) is 10.2 Å². The summed E-state index contributed by atoms with van der Waals surface area (Å²) in [6.45, 7) is 0. The first-order valence-corrected chi connectivity index (χ1v) is 13.7. The number of nitrogens with zero attached hydrogens (tertiary/aromatic N) is 2. The Bertz CT molecular complexity index is 1790. The quantitative estimate of drug-likeness (QED) is 0.330. The van der Waals surface area contributed by atoms with E-state index in [2.05, 4.69) is 10.3 Å². The predicted octanol–water partition coefficient (Wildman–Crippen LogP) is 5.08. The van der Waals surface area contributed by atoms with Crippen molar-refractivity contribution in [3.63, 3.8) is 0 Å². The lowest BCUT2D eigenvalue weighted by atomic mass is 9.62. The van der Waals surface area contributed by atoms with Gasteiger partial charge in [-0.25, -0.2) is 0 Å². The Kier molecular flexibility index (Phi) is 5.93. The largest absolute Gasteiger partial charge is 0.497 e. The van der Waals surface area contributed by atoms with E-state index >= 15 is 4.79 Å². The maximum atomic E-state index is 15.1. The van der Waals surface area contributed by atoms with Crippen LogP contribution in [-0.4, -0.2) is 47.6 Å². The van der Waals surface area contributed by atoms with E-state index in [-0.39, 0.29) is 22.9 Å². The number of Topliss-reactive ketones (excluding diaryl/α,β-unsaturated/α-hetero) is 2. The van der Waals surface area contributed by atoms with E-state index in [1.54, 1.807) is 42.6 Å². The number of ether oxygens (including phenoxy) is 2. The second kappa shape index (κ2) is 9.69. The van der Waals surface area contributed by atoms with Gasteiger partial charge in [-0.15, -0.1) is 0 Å². The van der Waals surface area contributed by atoms with Gasteiger partial charge in [0.05, 0.1) is 31.7 Å². The van der Waals surface area contributed by atoms with Crippen molar-refractivity contribution in [3.05, 3.63) is 125 Å². The number of carbonyl (C=O) groups is 3. The minimum atomic E-state index is -1.45. The molecule has 3 aliphatic rings. The molecule has 1 spiro atoms. The van der Waals surface area contributed by atoms with Crippen molar-refractivity contribution < 1.29 is 23.9 Å². The number of amides is 1. The van der Waals surface area contributed by atoms with Crippen LogP contribution in [0, 0.1) is 5.92 Å². The number of aromatic nitrogens is 1. The second-order valence-corrected chi connectivity index (χ2v) is 10.6. The van der Waals surface area contributed by atoms with E-state index in [1.807, 2.05) is 65.7 Å². The highest BCUT2D eigenvalue weighted by atomic mass is 16.5. The molecule has 8 nitrogen and oxygen atoms in total. The number of anilines is 1. The molecule has 4 aromatic rings. The molecular weight excluding hydrogens is 530 g/mol. The average molecular weight is 558 g/mol. The fraction of sp³-hybridized carbons (Fsp3) is 0.176. The topological polar surface area (TPSA) is 97.8 Å². The minimum absolute atomic E-state index is 0.215. The number of hydrogen-bond acceptors (Lipinski definition) is 7. The lowest BCUT2D eigenvalue weighted by Crippen LogP contribution is -2.49. The summed E-state index contributed by atoms with van der Waals surface area (Å²) in [4.78, 5) is 50.4. The van der Waals surface area contributed by atoms with Crippen molar-refractivity contribution in [2.24, 2.45) is 5.92 Å². The number of nitrogens with one attached hydrogen (secondary N) is 1. The van der Waals surface area contributed by atoms with Gasteiger partial charge in [0.2, 0.25) is 11.7 Å². The molecule has 1 saturated heterocycles. The van der Waals surface area contributed by atoms with Gasteiger partial charge in [-0.3, -0.25) is 19.4 Å². The normalized spacial score (nSPS) is 23.1. The van der Waals surface area contributed by atoms with E-state index in [4.69, 9.17) is 9.47 Å². The summed E-state index contributed by atoms with van der Waals surface area (Å²) in [5.41, 5.74) is 2.08. The van der Waals surface area contributed by atoms with Crippen molar-refractivity contribution in [2.45, 2.75) is 17.5 Å². The van der Waals surface area contributed by atoms with Crippen LogP contribution in [0.5, 0.6) is 11.5 Å². The highest BCUT2D eigenvalue weighted by Crippen LogP contribution is 2.62. The molecule has 7 rings (SSSR count). The molecule has 1 N–H and O–H groups in total. The van der Waals surface area contributed by atoms with Crippen molar-refractivity contribution in [2.75, 3.05) is 19.5 Å². The lowest BCUT2D eigenvalue weighted by Gasteiger charge is -2.38. The van der Waals surface area contributed by atoms with Crippen LogP contribution in [0.4, 0.5) is 5.69 Å². The molecular formula is C34H27N3O5. The summed E-state index contributed by atoms with van der Waals surface area (Å²) < 4.78 is 11.1. The molecule has 4 heterocycles. The van der Waals surface area contributed by atoms with E-state index in [0.29, 0.717) is 22.7 Å². The molecule has 8 heteroatoms. The Balaban J connectivity index is 1.55. The zero-order valence-corrected chi connectivity index (χ0v) is 23.0. The summed E-state index contributed by atoms with van der Waals surface area (Å²) >= 11 is 0. The van der Waals surface area contributed by atoms with Crippen LogP contribution >= 0.6 is 0 Å². The SMILES string of the molecule is COc1ccc(OC)c(C(=O)C2C(C(=O)c3ccccn3)N3C=Cc4ccccc4C3C23C(=O)Nc2ccccc23)c1. The molecule has 3 aliphatic heterocycles. The fourth-order valence-corrected chi connectivity index (χ4v) is 7.00. The molecule has 1 fully saturated rings. The maximum absolute atomic E-state index is 15.1. The number of carbonyl (C=O) groups excluding carboxylic acids is 3. The number of pyridine rings is 1. The van der Waals surface area contributed by atoms with E-state index in [9.17, 15) is 9.59 Å². The zero-order valence-electron chi connectivity index (χ0n) is 23.0. The number of ketones is 2. The first kappa shape index (κ1) is 25.7. The number of benzene rings is 3. The van der Waals surface area contributed by atoms with Gasteiger partial charge in [0, 0.05) is 18.1 Å². The van der Waals surface area contributed by atoms with Gasteiger partial charge >= 0.3 is 0 Å². The third kappa shape index (κ3) is 3.48. The Labute approximate surface area is 242 Å². The number of rotatable bonds is 6. The van der Waals surface area contributed by atoms with E-state index in [0.717, 1.165) is 11.1 Å². The zero-order chi connectivity index (χ0) is 29.0. The molecule has 3 aromatic carbocycles. The van der Waals surface area contributed by atoms with Gasteiger partial charge in [0.25, 0.3) is 0 Å². The molecule has 1 aromatic heterocycles. The molecule has 0 radical (unpaired) electrons. The van der Waals surface area contributed by atoms with Crippen molar-refractivity contribution in [1.29, 1.82) is 0 Å². The van der Waals surface area contributed by atoms with Crippen LogP contribution in [0.2, 0.25) is 0 Å². The number of fused-ring (bicyclic) bond motifs is 6. The monoisotopic (exact) mass is 557 g/mol. The van der Waals surface area contributed by atoms with Gasteiger partial charge in [-0.2, -0.15) is 0 Å². The van der Waals surface area contributed by atoms with Crippen molar-refractivity contribution >= 4 is 29.2 Å². The summed E-state index contributed by atoms with van der Waals surface area (Å²) in [6, 6.07) is 23.6. The molecule has 0 aliphatic carbocycles. The smallest absolute Gasteiger partial charge is 0.238 e. The third-order valence-corrected chi connectivity index (χ3v) is 8.71. The summed E-state index contributed by atoms with van der Waals surface area (Å²) in [5, 5.41) is 3.06.